The lowest BCUT2D eigenvalue weighted by molar-refractivity contribution is 0.103. The number of benzene rings is 1. The second-order valence-corrected chi connectivity index (χ2v) is 8.20. The number of rotatable bonds is 2. The second-order valence-electron chi connectivity index (χ2n) is 6.00. The van der Waals surface area contributed by atoms with Crippen LogP contribution in [0.1, 0.15) is 25.8 Å². The van der Waals surface area contributed by atoms with E-state index in [9.17, 15) is 4.79 Å². The Bertz CT molecular complexity index is 1120. The number of amides is 1. The summed E-state index contributed by atoms with van der Waals surface area (Å²) in [5, 5.41) is 5.27. The molecule has 3 N–H and O–H groups in total. The van der Waals surface area contributed by atoms with Gasteiger partial charge in [-0.1, -0.05) is 11.6 Å². The zero-order valence-electron chi connectivity index (χ0n) is 14.0. The minimum absolute atomic E-state index is 0.241. The topological polar surface area (TPSA) is 80.9 Å². The van der Waals surface area contributed by atoms with Gasteiger partial charge in [0.25, 0.3) is 5.91 Å². The van der Waals surface area contributed by atoms with Crippen LogP contribution in [-0.2, 0) is 0 Å². The minimum Gasteiger partial charge on any atom is -0.397 e. The molecular weight excluding hydrogens is 352 g/mol. The first-order valence-corrected chi connectivity index (χ1v) is 9.40. The van der Waals surface area contributed by atoms with Crippen molar-refractivity contribution in [2.45, 2.75) is 20.8 Å². The third-order valence-electron chi connectivity index (χ3n) is 4.12. The van der Waals surface area contributed by atoms with Crippen LogP contribution >= 0.6 is 22.7 Å². The number of thiazole rings is 1. The van der Waals surface area contributed by atoms with Crippen molar-refractivity contribution in [1.29, 1.82) is 0 Å². The Morgan fingerprint density at radius 3 is 2.64 bits per heavy atom. The fourth-order valence-corrected chi connectivity index (χ4v) is 4.46. The number of aromatic nitrogens is 2. The monoisotopic (exact) mass is 368 g/mol. The first kappa shape index (κ1) is 16.0. The second kappa shape index (κ2) is 5.79. The van der Waals surface area contributed by atoms with E-state index in [1.54, 1.807) is 0 Å². The molecule has 4 aromatic rings. The summed E-state index contributed by atoms with van der Waals surface area (Å²) >= 11 is 2.77. The van der Waals surface area contributed by atoms with Crippen LogP contribution in [0.3, 0.4) is 0 Å². The van der Waals surface area contributed by atoms with Crippen molar-refractivity contribution in [3.63, 3.8) is 0 Å². The van der Waals surface area contributed by atoms with E-state index < -0.39 is 0 Å². The molecule has 3 heterocycles. The molecule has 0 atom stereocenters. The van der Waals surface area contributed by atoms with Gasteiger partial charge < -0.3 is 5.73 Å². The zero-order chi connectivity index (χ0) is 17.7. The summed E-state index contributed by atoms with van der Waals surface area (Å²) in [4.78, 5) is 24.0. The van der Waals surface area contributed by atoms with Crippen molar-refractivity contribution < 1.29 is 4.79 Å². The van der Waals surface area contributed by atoms with Gasteiger partial charge in [0.05, 0.1) is 16.9 Å². The number of carbonyl (C=O) groups excluding carboxylic acids is 1. The van der Waals surface area contributed by atoms with Crippen molar-refractivity contribution in [3.8, 4) is 0 Å². The summed E-state index contributed by atoms with van der Waals surface area (Å²) in [6.07, 6.45) is 0. The molecule has 1 amide bonds. The molecule has 126 valence electrons. The van der Waals surface area contributed by atoms with E-state index >= 15 is 0 Å². The number of carbonyl (C=O) groups is 1. The molecule has 4 rings (SSSR count). The van der Waals surface area contributed by atoms with Gasteiger partial charge in [-0.3, -0.25) is 10.1 Å². The van der Waals surface area contributed by atoms with Gasteiger partial charge in [0.2, 0.25) is 0 Å². The highest BCUT2D eigenvalue weighted by molar-refractivity contribution is 7.21. The van der Waals surface area contributed by atoms with E-state index in [1.165, 1.54) is 22.7 Å². The van der Waals surface area contributed by atoms with Crippen LogP contribution in [0.15, 0.2) is 24.3 Å². The molecule has 0 saturated heterocycles. The Labute approximate surface area is 152 Å². The number of nitrogens with one attached hydrogen (secondary N) is 1. The molecule has 5 nitrogen and oxygen atoms in total. The molecule has 0 aliphatic carbocycles. The highest BCUT2D eigenvalue weighted by Gasteiger charge is 2.19. The number of pyridine rings is 1. The Kier molecular flexibility index (Phi) is 3.70. The lowest BCUT2D eigenvalue weighted by atomic mass is 10.1. The van der Waals surface area contributed by atoms with Gasteiger partial charge in [-0.25, -0.2) is 9.97 Å². The number of aryl methyl sites for hydroxylation is 3. The van der Waals surface area contributed by atoms with Gasteiger partial charge in [-0.2, -0.15) is 0 Å². The molecule has 0 radical (unpaired) electrons. The van der Waals surface area contributed by atoms with E-state index in [2.05, 4.69) is 21.4 Å². The average Bonchev–Trinajstić information content (AvgIpc) is 3.05. The van der Waals surface area contributed by atoms with E-state index in [1.807, 2.05) is 39.0 Å². The largest absolute Gasteiger partial charge is 0.397 e. The first-order chi connectivity index (χ1) is 11.9. The third kappa shape index (κ3) is 2.75. The van der Waals surface area contributed by atoms with Crippen molar-refractivity contribution >= 4 is 60.5 Å². The summed E-state index contributed by atoms with van der Waals surface area (Å²) in [6.45, 7) is 5.94. The van der Waals surface area contributed by atoms with Crippen LogP contribution in [0.4, 0.5) is 10.8 Å². The SMILES string of the molecule is Cc1ccc2nc3sc(C(=O)Nc4nc(C)c(C)s4)c(N)c3cc2c1. The molecule has 0 aliphatic heterocycles. The average molecular weight is 368 g/mol. The fourth-order valence-electron chi connectivity index (χ4n) is 2.67. The minimum atomic E-state index is -0.241. The third-order valence-corrected chi connectivity index (χ3v) is 6.23. The van der Waals surface area contributed by atoms with E-state index in [0.29, 0.717) is 15.7 Å². The van der Waals surface area contributed by atoms with Crippen LogP contribution in [0.5, 0.6) is 0 Å². The highest BCUT2D eigenvalue weighted by Crippen LogP contribution is 2.35. The lowest BCUT2D eigenvalue weighted by Crippen LogP contribution is -2.11. The maximum absolute atomic E-state index is 12.6. The maximum Gasteiger partial charge on any atom is 0.269 e. The van der Waals surface area contributed by atoms with Gasteiger partial charge in [-0.15, -0.1) is 22.7 Å². The van der Waals surface area contributed by atoms with E-state index in [4.69, 9.17) is 5.73 Å². The Morgan fingerprint density at radius 1 is 1.12 bits per heavy atom. The van der Waals surface area contributed by atoms with Crippen LogP contribution in [-0.4, -0.2) is 15.9 Å². The molecule has 25 heavy (non-hydrogen) atoms. The van der Waals surface area contributed by atoms with Crippen molar-refractivity contribution in [2.75, 3.05) is 11.1 Å². The summed E-state index contributed by atoms with van der Waals surface area (Å²) in [7, 11) is 0. The molecular formula is C18H16N4OS2. The van der Waals surface area contributed by atoms with Gasteiger partial charge in [0.1, 0.15) is 9.71 Å². The number of nitrogens with zero attached hydrogens (tertiary/aromatic N) is 2. The standard InChI is InChI=1S/C18H16N4OS2/c1-8-4-5-13-11(6-8)7-12-14(19)15(25-17(12)21-13)16(23)22-18-20-9(2)10(3)24-18/h4-7H,19H2,1-3H3,(H,20,22,23). The first-order valence-electron chi connectivity index (χ1n) is 7.77. The number of nitrogen functional groups attached to an aromatic ring is 1. The maximum atomic E-state index is 12.6. The quantitative estimate of drug-likeness (QED) is 0.539. The summed E-state index contributed by atoms with van der Waals surface area (Å²) < 4.78 is 0. The molecule has 0 bridgehead atoms. The number of hydrogen-bond acceptors (Lipinski definition) is 6. The van der Waals surface area contributed by atoms with Crippen LogP contribution in [0.25, 0.3) is 21.1 Å². The number of fused-ring (bicyclic) bond motifs is 2. The summed E-state index contributed by atoms with van der Waals surface area (Å²) in [5.74, 6) is -0.241. The van der Waals surface area contributed by atoms with Crippen molar-refractivity contribution in [2.24, 2.45) is 0 Å². The number of nitrogens with two attached hydrogens (primary N) is 1. The van der Waals surface area contributed by atoms with Crippen molar-refractivity contribution in [1.82, 2.24) is 9.97 Å². The molecule has 1 aromatic carbocycles. The van der Waals surface area contributed by atoms with E-state index in [0.717, 1.165) is 37.3 Å². The predicted octanol–water partition coefficient (Wildman–Crippen LogP) is 4.67. The summed E-state index contributed by atoms with van der Waals surface area (Å²) in [6, 6.07) is 8.09. The molecule has 0 fully saturated rings. The zero-order valence-corrected chi connectivity index (χ0v) is 15.6. The fraction of sp³-hybridized carbons (Fsp3) is 0.167. The lowest BCUT2D eigenvalue weighted by Gasteiger charge is -2.01. The van der Waals surface area contributed by atoms with Gasteiger partial charge >= 0.3 is 0 Å². The molecule has 0 saturated carbocycles. The number of thiophene rings is 1. The smallest absolute Gasteiger partial charge is 0.269 e. The Hall–Kier alpha value is -2.51. The van der Waals surface area contributed by atoms with Gasteiger partial charge in [0, 0.05) is 15.6 Å². The number of hydrogen-bond donors (Lipinski definition) is 2. The van der Waals surface area contributed by atoms with Gasteiger partial charge in [0.15, 0.2) is 5.13 Å². The molecule has 7 heteroatoms. The molecule has 0 aliphatic rings. The normalized spacial score (nSPS) is 11.3. The Balaban J connectivity index is 1.77. The van der Waals surface area contributed by atoms with Crippen LogP contribution in [0, 0.1) is 20.8 Å². The van der Waals surface area contributed by atoms with Gasteiger partial charge in [-0.05, 0) is 39.0 Å². The van der Waals surface area contributed by atoms with Crippen LogP contribution in [0.2, 0.25) is 0 Å². The molecule has 3 aromatic heterocycles. The highest BCUT2D eigenvalue weighted by atomic mass is 32.1. The molecule has 0 spiro atoms. The van der Waals surface area contributed by atoms with Crippen LogP contribution < -0.4 is 11.1 Å². The number of anilines is 2. The van der Waals surface area contributed by atoms with Crippen molar-refractivity contribution in [3.05, 3.63) is 45.3 Å². The summed E-state index contributed by atoms with van der Waals surface area (Å²) in [5.41, 5.74) is 9.71. The predicted molar refractivity (Wildman–Crippen MR) is 106 cm³/mol. The molecule has 0 unspecified atom stereocenters. The van der Waals surface area contributed by atoms with E-state index in [-0.39, 0.29) is 5.91 Å². The Morgan fingerprint density at radius 2 is 1.92 bits per heavy atom.